The zero-order valence-corrected chi connectivity index (χ0v) is 10.4. The molecule has 0 heterocycles. The second-order valence-corrected chi connectivity index (χ2v) is 6.21. The second kappa shape index (κ2) is 3.95. The zero-order valence-electron chi connectivity index (χ0n) is 9.61. The number of nitrogens with one attached hydrogen (secondary N) is 1. The Bertz CT molecular complexity index is 489. The van der Waals surface area contributed by atoms with Crippen molar-refractivity contribution in [3.8, 4) is 0 Å². The van der Waals surface area contributed by atoms with Gasteiger partial charge in [0.05, 0.1) is 5.69 Å². The third-order valence-electron chi connectivity index (χ3n) is 1.82. The van der Waals surface area contributed by atoms with Crippen LogP contribution in [0.3, 0.4) is 0 Å². The molecule has 0 fully saturated rings. The quantitative estimate of drug-likeness (QED) is 0.678. The van der Waals surface area contributed by atoms with Gasteiger partial charge in [0.25, 0.3) is 0 Å². The van der Waals surface area contributed by atoms with Crippen molar-refractivity contribution in [3.05, 3.63) is 18.2 Å². The van der Waals surface area contributed by atoms with Crippen molar-refractivity contribution in [2.75, 3.05) is 11.1 Å². The molecule has 0 aromatic heterocycles. The number of sulfonamides is 1. The fraction of sp³-hybridized carbons (Fsp3) is 0.400. The Hall–Kier alpha value is -1.27. The van der Waals surface area contributed by atoms with Crippen LogP contribution in [0.1, 0.15) is 20.8 Å². The van der Waals surface area contributed by atoms with E-state index in [0.717, 1.165) is 0 Å². The molecular weight excluding hydrogens is 226 g/mol. The summed E-state index contributed by atoms with van der Waals surface area (Å²) in [6.45, 7) is 5.78. The number of anilines is 2. The number of rotatable bonds is 2. The third-order valence-corrected chi connectivity index (χ3v) is 2.77. The molecule has 0 aliphatic carbocycles. The van der Waals surface area contributed by atoms with E-state index in [0.29, 0.717) is 11.4 Å². The SMILES string of the molecule is CC(C)(C)Nc1ccc(N)cc1S(N)(=O)=O. The lowest BCUT2D eigenvalue weighted by atomic mass is 10.1. The van der Waals surface area contributed by atoms with E-state index in [-0.39, 0.29) is 10.4 Å². The summed E-state index contributed by atoms with van der Waals surface area (Å²) in [4.78, 5) is 0.0161. The van der Waals surface area contributed by atoms with E-state index < -0.39 is 10.0 Å². The zero-order chi connectivity index (χ0) is 12.6. The molecule has 0 saturated heterocycles. The highest BCUT2D eigenvalue weighted by Crippen LogP contribution is 2.25. The monoisotopic (exact) mass is 243 g/mol. The molecule has 0 unspecified atom stereocenters. The molecule has 1 aromatic rings. The molecule has 0 amide bonds. The van der Waals surface area contributed by atoms with Crippen LogP contribution < -0.4 is 16.2 Å². The average Bonchev–Trinajstić information content (AvgIpc) is 2.04. The summed E-state index contributed by atoms with van der Waals surface area (Å²) in [5.41, 5.74) is 6.11. The van der Waals surface area contributed by atoms with Crippen molar-refractivity contribution in [2.24, 2.45) is 5.14 Å². The van der Waals surface area contributed by atoms with Gasteiger partial charge in [0.2, 0.25) is 10.0 Å². The molecule has 0 radical (unpaired) electrons. The fourth-order valence-electron chi connectivity index (χ4n) is 1.28. The van der Waals surface area contributed by atoms with Gasteiger partial charge in [-0.3, -0.25) is 0 Å². The highest BCUT2D eigenvalue weighted by Gasteiger charge is 2.18. The lowest BCUT2D eigenvalue weighted by Crippen LogP contribution is -2.28. The van der Waals surface area contributed by atoms with Gasteiger partial charge < -0.3 is 11.1 Å². The molecule has 1 aromatic carbocycles. The van der Waals surface area contributed by atoms with E-state index in [2.05, 4.69) is 5.32 Å². The first-order valence-corrected chi connectivity index (χ1v) is 6.35. The Kier molecular flexibility index (Phi) is 3.16. The van der Waals surface area contributed by atoms with Gasteiger partial charge in [0, 0.05) is 11.2 Å². The topological polar surface area (TPSA) is 98.2 Å². The summed E-state index contributed by atoms with van der Waals surface area (Å²) >= 11 is 0. The van der Waals surface area contributed by atoms with Gasteiger partial charge in [-0.05, 0) is 39.0 Å². The van der Waals surface area contributed by atoms with Crippen LogP contribution in [0.4, 0.5) is 11.4 Å². The molecule has 1 rings (SSSR count). The Morgan fingerprint density at radius 3 is 2.25 bits per heavy atom. The van der Waals surface area contributed by atoms with Gasteiger partial charge in [0.1, 0.15) is 4.90 Å². The van der Waals surface area contributed by atoms with Crippen LogP contribution in [0.5, 0.6) is 0 Å². The molecule has 0 bridgehead atoms. The number of benzene rings is 1. The normalized spacial score (nSPS) is 12.5. The van der Waals surface area contributed by atoms with Crippen LogP contribution in [0.2, 0.25) is 0 Å². The van der Waals surface area contributed by atoms with Crippen molar-refractivity contribution < 1.29 is 8.42 Å². The summed E-state index contributed by atoms with van der Waals surface area (Å²) < 4.78 is 22.7. The molecule has 0 atom stereocenters. The predicted molar refractivity (Wildman–Crippen MR) is 65.6 cm³/mol. The molecule has 16 heavy (non-hydrogen) atoms. The average molecular weight is 243 g/mol. The van der Waals surface area contributed by atoms with Crippen molar-refractivity contribution in [3.63, 3.8) is 0 Å². The van der Waals surface area contributed by atoms with Crippen molar-refractivity contribution in [1.82, 2.24) is 0 Å². The molecule has 6 heteroatoms. The van der Waals surface area contributed by atoms with Crippen LogP contribution in [0, 0.1) is 0 Å². The summed E-state index contributed by atoms with van der Waals surface area (Å²) in [5, 5.41) is 8.19. The highest BCUT2D eigenvalue weighted by atomic mass is 32.2. The van der Waals surface area contributed by atoms with Crippen LogP contribution >= 0.6 is 0 Å². The highest BCUT2D eigenvalue weighted by molar-refractivity contribution is 7.89. The van der Waals surface area contributed by atoms with E-state index in [4.69, 9.17) is 10.9 Å². The van der Waals surface area contributed by atoms with Crippen LogP contribution in [0.15, 0.2) is 23.1 Å². The molecular formula is C10H17N3O2S. The van der Waals surface area contributed by atoms with Gasteiger partial charge in [-0.1, -0.05) is 0 Å². The largest absolute Gasteiger partial charge is 0.399 e. The standard InChI is InChI=1S/C10H17N3O2S/c1-10(2,3)13-8-5-4-7(11)6-9(8)16(12,14)15/h4-6,13H,11H2,1-3H3,(H2,12,14,15). The number of hydrogen-bond acceptors (Lipinski definition) is 4. The van der Waals surface area contributed by atoms with Gasteiger partial charge in [-0.2, -0.15) is 0 Å². The van der Waals surface area contributed by atoms with Gasteiger partial charge in [-0.15, -0.1) is 0 Å². The molecule has 5 N–H and O–H groups in total. The Balaban J connectivity index is 3.30. The number of hydrogen-bond donors (Lipinski definition) is 3. The molecule has 0 aliphatic rings. The lowest BCUT2D eigenvalue weighted by Gasteiger charge is -2.23. The molecule has 0 aliphatic heterocycles. The maximum absolute atomic E-state index is 11.4. The molecule has 0 spiro atoms. The maximum Gasteiger partial charge on any atom is 0.240 e. The summed E-state index contributed by atoms with van der Waals surface area (Å²) in [6.07, 6.45) is 0. The predicted octanol–water partition coefficient (Wildman–Crippen LogP) is 1.13. The Morgan fingerprint density at radius 2 is 1.81 bits per heavy atom. The molecule has 90 valence electrons. The van der Waals surface area contributed by atoms with Gasteiger partial charge >= 0.3 is 0 Å². The lowest BCUT2D eigenvalue weighted by molar-refractivity contribution is 0.596. The van der Waals surface area contributed by atoms with Crippen molar-refractivity contribution in [2.45, 2.75) is 31.2 Å². The van der Waals surface area contributed by atoms with E-state index in [9.17, 15) is 8.42 Å². The smallest absolute Gasteiger partial charge is 0.240 e. The summed E-state index contributed by atoms with van der Waals surface area (Å²) in [5.74, 6) is 0. The van der Waals surface area contributed by atoms with Gasteiger partial charge in [-0.25, -0.2) is 13.6 Å². The molecule has 5 nitrogen and oxygen atoms in total. The Morgan fingerprint density at radius 1 is 1.25 bits per heavy atom. The second-order valence-electron chi connectivity index (χ2n) is 4.68. The Labute approximate surface area is 95.9 Å². The minimum absolute atomic E-state index is 0.0161. The first-order chi connectivity index (χ1) is 7.09. The summed E-state index contributed by atoms with van der Waals surface area (Å²) in [7, 11) is -3.77. The van der Waals surface area contributed by atoms with Crippen molar-refractivity contribution >= 4 is 21.4 Å². The number of primary sulfonamides is 1. The third kappa shape index (κ3) is 3.39. The van der Waals surface area contributed by atoms with Crippen LogP contribution in [-0.4, -0.2) is 14.0 Å². The fourth-order valence-corrected chi connectivity index (χ4v) is 2.01. The maximum atomic E-state index is 11.4. The number of nitrogen functional groups attached to an aromatic ring is 1. The van der Waals surface area contributed by atoms with Crippen LogP contribution in [-0.2, 0) is 10.0 Å². The van der Waals surface area contributed by atoms with Gasteiger partial charge in [0.15, 0.2) is 0 Å². The van der Waals surface area contributed by atoms with E-state index in [1.807, 2.05) is 20.8 Å². The first-order valence-electron chi connectivity index (χ1n) is 4.80. The summed E-state index contributed by atoms with van der Waals surface area (Å²) in [6, 6.07) is 4.59. The molecule has 0 saturated carbocycles. The van der Waals surface area contributed by atoms with E-state index in [1.165, 1.54) is 6.07 Å². The minimum atomic E-state index is -3.77. The number of nitrogens with two attached hydrogens (primary N) is 2. The van der Waals surface area contributed by atoms with E-state index >= 15 is 0 Å². The minimum Gasteiger partial charge on any atom is -0.399 e. The van der Waals surface area contributed by atoms with Crippen LogP contribution in [0.25, 0.3) is 0 Å². The first kappa shape index (κ1) is 12.8. The van der Waals surface area contributed by atoms with Crippen molar-refractivity contribution in [1.29, 1.82) is 0 Å². The van der Waals surface area contributed by atoms with E-state index in [1.54, 1.807) is 12.1 Å².